The molecule has 0 aliphatic carbocycles. The van der Waals surface area contributed by atoms with Crippen molar-refractivity contribution in [3.63, 3.8) is 0 Å². The van der Waals surface area contributed by atoms with Gasteiger partial charge in [-0.3, -0.25) is 4.79 Å². The molecule has 2 heterocycles. The van der Waals surface area contributed by atoms with E-state index in [9.17, 15) is 4.79 Å². The number of aromatic nitrogens is 2. The molecule has 0 saturated carbocycles. The first-order valence-electron chi connectivity index (χ1n) is 6.22. The SMILES string of the molecule is O=C(Nc1cnc(-c2ccccc2)nc1)C1CNC1. The summed E-state index contributed by atoms with van der Waals surface area (Å²) >= 11 is 0. The van der Waals surface area contributed by atoms with Gasteiger partial charge in [-0.05, 0) is 0 Å². The summed E-state index contributed by atoms with van der Waals surface area (Å²) in [6, 6.07) is 9.74. The first-order chi connectivity index (χ1) is 9.33. The molecule has 0 atom stereocenters. The number of amides is 1. The van der Waals surface area contributed by atoms with E-state index in [-0.39, 0.29) is 11.8 Å². The smallest absolute Gasteiger partial charge is 0.230 e. The van der Waals surface area contributed by atoms with Gasteiger partial charge >= 0.3 is 0 Å². The molecule has 1 aliphatic rings. The van der Waals surface area contributed by atoms with E-state index < -0.39 is 0 Å². The molecule has 1 fully saturated rings. The second kappa shape index (κ2) is 5.16. The molecule has 1 aromatic heterocycles. The van der Waals surface area contributed by atoms with Crippen LogP contribution < -0.4 is 10.6 Å². The Hall–Kier alpha value is -2.27. The zero-order chi connectivity index (χ0) is 13.1. The Balaban J connectivity index is 1.70. The summed E-state index contributed by atoms with van der Waals surface area (Å²) in [7, 11) is 0. The summed E-state index contributed by atoms with van der Waals surface area (Å²) in [6.45, 7) is 1.49. The molecule has 96 valence electrons. The van der Waals surface area contributed by atoms with Crippen LogP contribution in [0.1, 0.15) is 0 Å². The highest BCUT2D eigenvalue weighted by atomic mass is 16.2. The molecule has 5 nitrogen and oxygen atoms in total. The standard InChI is InChI=1S/C14H14N4O/c19-14(11-6-15-7-11)18-12-8-16-13(17-9-12)10-4-2-1-3-5-10/h1-5,8-9,11,15H,6-7H2,(H,18,19). The van der Waals surface area contributed by atoms with Gasteiger partial charge in [-0.25, -0.2) is 9.97 Å². The minimum absolute atomic E-state index is 0.0230. The van der Waals surface area contributed by atoms with Crippen molar-refractivity contribution in [2.75, 3.05) is 18.4 Å². The first kappa shape index (κ1) is 11.8. The summed E-state index contributed by atoms with van der Waals surface area (Å²) < 4.78 is 0. The molecule has 19 heavy (non-hydrogen) atoms. The van der Waals surface area contributed by atoms with Crippen LogP contribution in [0.15, 0.2) is 42.7 Å². The molecule has 0 radical (unpaired) electrons. The maximum absolute atomic E-state index is 11.7. The molecule has 1 saturated heterocycles. The molecule has 2 N–H and O–H groups in total. The van der Waals surface area contributed by atoms with Crippen molar-refractivity contribution in [1.29, 1.82) is 0 Å². The third-order valence-corrected chi connectivity index (χ3v) is 3.10. The largest absolute Gasteiger partial charge is 0.323 e. The minimum atomic E-state index is 0.0230. The van der Waals surface area contributed by atoms with E-state index in [2.05, 4.69) is 20.6 Å². The second-order valence-electron chi connectivity index (χ2n) is 4.51. The predicted molar refractivity (Wildman–Crippen MR) is 72.5 cm³/mol. The molecule has 0 bridgehead atoms. The van der Waals surface area contributed by atoms with Crippen LogP contribution in [0.2, 0.25) is 0 Å². The van der Waals surface area contributed by atoms with Gasteiger partial charge in [0.2, 0.25) is 5.91 Å². The van der Waals surface area contributed by atoms with Crippen molar-refractivity contribution in [2.24, 2.45) is 5.92 Å². The number of hydrogen-bond donors (Lipinski definition) is 2. The Bertz CT molecular complexity index is 564. The number of nitrogens with one attached hydrogen (secondary N) is 2. The molecule has 0 unspecified atom stereocenters. The summed E-state index contributed by atoms with van der Waals surface area (Å²) in [5.74, 6) is 0.743. The van der Waals surface area contributed by atoms with Crippen molar-refractivity contribution in [2.45, 2.75) is 0 Å². The van der Waals surface area contributed by atoms with Crippen LogP contribution in [0.5, 0.6) is 0 Å². The number of benzene rings is 1. The third kappa shape index (κ3) is 2.61. The summed E-state index contributed by atoms with van der Waals surface area (Å²) in [6.07, 6.45) is 3.28. The van der Waals surface area contributed by atoms with Crippen LogP contribution in [0.25, 0.3) is 11.4 Å². The summed E-state index contributed by atoms with van der Waals surface area (Å²) in [4.78, 5) is 20.3. The van der Waals surface area contributed by atoms with E-state index in [1.165, 1.54) is 0 Å². The van der Waals surface area contributed by atoms with Gasteiger partial charge in [0.15, 0.2) is 5.82 Å². The number of carbonyl (C=O) groups excluding carboxylic acids is 1. The van der Waals surface area contributed by atoms with E-state index >= 15 is 0 Å². The number of rotatable bonds is 3. The molecule has 1 aromatic carbocycles. The van der Waals surface area contributed by atoms with Gasteiger partial charge in [-0.2, -0.15) is 0 Å². The van der Waals surface area contributed by atoms with Crippen LogP contribution in [-0.2, 0) is 4.79 Å². The summed E-state index contributed by atoms with van der Waals surface area (Å²) in [5, 5.41) is 5.89. The lowest BCUT2D eigenvalue weighted by Gasteiger charge is -2.25. The van der Waals surface area contributed by atoms with E-state index in [1.54, 1.807) is 12.4 Å². The van der Waals surface area contributed by atoms with E-state index in [1.807, 2.05) is 30.3 Å². The summed E-state index contributed by atoms with van der Waals surface area (Å²) in [5.41, 5.74) is 1.60. The lowest BCUT2D eigenvalue weighted by atomic mass is 10.0. The van der Waals surface area contributed by atoms with Crippen LogP contribution in [-0.4, -0.2) is 29.0 Å². The molecular weight excluding hydrogens is 240 g/mol. The molecule has 1 amide bonds. The van der Waals surface area contributed by atoms with E-state index in [4.69, 9.17) is 0 Å². The van der Waals surface area contributed by atoms with Gasteiger partial charge in [0.05, 0.1) is 24.0 Å². The number of hydrogen-bond acceptors (Lipinski definition) is 4. The molecule has 5 heteroatoms. The maximum Gasteiger partial charge on any atom is 0.230 e. The fraction of sp³-hybridized carbons (Fsp3) is 0.214. The minimum Gasteiger partial charge on any atom is -0.323 e. The third-order valence-electron chi connectivity index (χ3n) is 3.10. The van der Waals surface area contributed by atoms with Gasteiger partial charge in [0, 0.05) is 18.7 Å². The van der Waals surface area contributed by atoms with Crippen LogP contribution in [0.4, 0.5) is 5.69 Å². The highest BCUT2D eigenvalue weighted by molar-refractivity contribution is 5.93. The molecular formula is C14H14N4O. The lowest BCUT2D eigenvalue weighted by Crippen LogP contribution is -2.48. The van der Waals surface area contributed by atoms with Crippen molar-refractivity contribution < 1.29 is 4.79 Å². The van der Waals surface area contributed by atoms with Gasteiger partial charge in [0.1, 0.15) is 0 Å². The maximum atomic E-state index is 11.7. The average Bonchev–Trinajstić information content (AvgIpc) is 2.38. The Kier molecular flexibility index (Phi) is 3.20. The zero-order valence-electron chi connectivity index (χ0n) is 10.3. The molecule has 3 rings (SSSR count). The fourth-order valence-electron chi connectivity index (χ4n) is 1.85. The predicted octanol–water partition coefficient (Wildman–Crippen LogP) is 1.30. The monoisotopic (exact) mass is 254 g/mol. The second-order valence-corrected chi connectivity index (χ2v) is 4.51. The number of carbonyl (C=O) groups is 1. The van der Waals surface area contributed by atoms with Gasteiger partial charge in [-0.15, -0.1) is 0 Å². The Morgan fingerprint density at radius 1 is 1.16 bits per heavy atom. The highest BCUT2D eigenvalue weighted by Crippen LogP contribution is 2.15. The lowest BCUT2D eigenvalue weighted by molar-refractivity contribution is -0.121. The Labute approximate surface area is 111 Å². The molecule has 2 aromatic rings. The van der Waals surface area contributed by atoms with Gasteiger partial charge in [0.25, 0.3) is 0 Å². The van der Waals surface area contributed by atoms with Crippen molar-refractivity contribution in [3.8, 4) is 11.4 Å². The number of nitrogens with zero attached hydrogens (tertiary/aromatic N) is 2. The fourth-order valence-corrected chi connectivity index (χ4v) is 1.85. The average molecular weight is 254 g/mol. The zero-order valence-corrected chi connectivity index (χ0v) is 10.3. The van der Waals surface area contributed by atoms with Crippen molar-refractivity contribution >= 4 is 11.6 Å². The van der Waals surface area contributed by atoms with E-state index in [0.29, 0.717) is 11.5 Å². The molecule has 1 aliphatic heterocycles. The Morgan fingerprint density at radius 2 is 1.84 bits per heavy atom. The molecule has 0 spiro atoms. The van der Waals surface area contributed by atoms with Gasteiger partial charge in [-0.1, -0.05) is 30.3 Å². The van der Waals surface area contributed by atoms with Gasteiger partial charge < -0.3 is 10.6 Å². The topological polar surface area (TPSA) is 66.9 Å². The Morgan fingerprint density at radius 3 is 2.42 bits per heavy atom. The van der Waals surface area contributed by atoms with E-state index in [0.717, 1.165) is 18.7 Å². The van der Waals surface area contributed by atoms with Crippen LogP contribution >= 0.6 is 0 Å². The number of anilines is 1. The quantitative estimate of drug-likeness (QED) is 0.866. The normalized spacial score (nSPS) is 14.7. The van der Waals surface area contributed by atoms with Crippen LogP contribution in [0, 0.1) is 5.92 Å². The van der Waals surface area contributed by atoms with Crippen molar-refractivity contribution in [1.82, 2.24) is 15.3 Å². The highest BCUT2D eigenvalue weighted by Gasteiger charge is 2.24. The van der Waals surface area contributed by atoms with Crippen molar-refractivity contribution in [3.05, 3.63) is 42.7 Å². The first-order valence-corrected chi connectivity index (χ1v) is 6.22. The van der Waals surface area contributed by atoms with Crippen LogP contribution in [0.3, 0.4) is 0 Å².